The molecule has 8 heteroatoms. The van der Waals surface area contributed by atoms with Crippen LogP contribution in [0.25, 0.3) is 16.9 Å². The smallest absolute Gasteiger partial charge is 0.407 e. The largest absolute Gasteiger partial charge is 0.492 e. The minimum atomic E-state index is -0.974. The molecule has 0 fully saturated rings. The van der Waals surface area contributed by atoms with Crippen molar-refractivity contribution in [1.29, 1.82) is 0 Å². The van der Waals surface area contributed by atoms with Crippen LogP contribution >= 0.6 is 15.9 Å². The molecule has 0 bridgehead atoms. The molecule has 0 spiro atoms. The highest BCUT2D eigenvalue weighted by Crippen LogP contribution is 2.27. The Labute approximate surface area is 159 Å². The highest BCUT2D eigenvalue weighted by Gasteiger charge is 2.10. The van der Waals surface area contributed by atoms with Crippen molar-refractivity contribution in [2.45, 2.75) is 0 Å². The van der Waals surface area contributed by atoms with Crippen LogP contribution in [0.2, 0.25) is 0 Å². The fourth-order valence-corrected chi connectivity index (χ4v) is 2.78. The molecule has 0 saturated heterocycles. The summed E-state index contributed by atoms with van der Waals surface area (Å²) in [6.07, 6.45) is 4.38. The van der Waals surface area contributed by atoms with Crippen LogP contribution in [-0.2, 0) is 0 Å². The van der Waals surface area contributed by atoms with Crippen LogP contribution in [0.4, 0.5) is 4.79 Å². The molecular formula is C18H17BrN4O3. The Hall–Kier alpha value is -2.87. The molecule has 2 heterocycles. The number of amides is 1. The zero-order valence-electron chi connectivity index (χ0n) is 14.0. The fourth-order valence-electron chi connectivity index (χ4n) is 2.28. The molecule has 3 rings (SSSR count). The summed E-state index contributed by atoms with van der Waals surface area (Å²) in [4.78, 5) is 15.9. The van der Waals surface area contributed by atoms with Crippen molar-refractivity contribution in [3.8, 4) is 22.7 Å². The van der Waals surface area contributed by atoms with Gasteiger partial charge in [-0.15, -0.1) is 0 Å². The second kappa shape index (κ2) is 8.01. The molecule has 1 N–H and O–H groups in total. The molecule has 0 aliphatic rings. The quantitative estimate of drug-likeness (QED) is 0.662. The number of benzene rings is 1. The molecule has 1 amide bonds. The van der Waals surface area contributed by atoms with E-state index in [0.717, 1.165) is 21.4 Å². The van der Waals surface area contributed by atoms with Crippen LogP contribution in [0.5, 0.6) is 5.75 Å². The summed E-state index contributed by atoms with van der Waals surface area (Å²) < 4.78 is 8.23. The number of ether oxygens (including phenoxy) is 1. The number of halogens is 1. The van der Waals surface area contributed by atoms with Gasteiger partial charge in [0.15, 0.2) is 0 Å². The average Bonchev–Trinajstić information content (AvgIpc) is 3.04. The topological polar surface area (TPSA) is 80.5 Å². The summed E-state index contributed by atoms with van der Waals surface area (Å²) in [6, 6.07) is 11.3. The Bertz CT molecular complexity index is 881. The number of likely N-dealkylation sites (N-methyl/N-ethyl adjacent to an activating group) is 1. The first-order valence-electron chi connectivity index (χ1n) is 7.87. The van der Waals surface area contributed by atoms with Gasteiger partial charge in [-0.3, -0.25) is 4.98 Å². The fraction of sp³-hybridized carbons (Fsp3) is 0.167. The van der Waals surface area contributed by atoms with E-state index in [1.165, 1.54) is 11.9 Å². The first kappa shape index (κ1) is 17.9. The van der Waals surface area contributed by atoms with Crippen LogP contribution in [0.1, 0.15) is 0 Å². The number of hydrogen-bond donors (Lipinski definition) is 1. The molecule has 7 nitrogen and oxygen atoms in total. The third-order valence-corrected chi connectivity index (χ3v) is 4.33. The standard InChI is InChI=1S/C18H17BrN4O3/c1-22(18(24)25)10-11-26-15-4-2-14(3-5-15)23-12-16(19)17(21-23)13-6-8-20-9-7-13/h2-9,12H,10-11H2,1H3,(H,24,25). The molecule has 0 aliphatic carbocycles. The SMILES string of the molecule is CN(CCOc1ccc(-n2cc(Br)c(-c3ccncc3)n2)cc1)C(=O)O. The van der Waals surface area contributed by atoms with E-state index in [4.69, 9.17) is 9.84 Å². The molecule has 0 unspecified atom stereocenters. The van der Waals surface area contributed by atoms with E-state index >= 15 is 0 Å². The van der Waals surface area contributed by atoms with Gasteiger partial charge >= 0.3 is 6.09 Å². The van der Waals surface area contributed by atoms with Crippen LogP contribution in [-0.4, -0.2) is 51.1 Å². The van der Waals surface area contributed by atoms with Gasteiger partial charge in [0.1, 0.15) is 18.1 Å². The summed E-state index contributed by atoms with van der Waals surface area (Å²) in [7, 11) is 1.50. The van der Waals surface area contributed by atoms with Crippen molar-refractivity contribution in [3.63, 3.8) is 0 Å². The number of nitrogens with zero attached hydrogens (tertiary/aromatic N) is 4. The highest BCUT2D eigenvalue weighted by atomic mass is 79.9. The number of pyridine rings is 1. The predicted octanol–water partition coefficient (Wildman–Crippen LogP) is 3.69. The predicted molar refractivity (Wildman–Crippen MR) is 101 cm³/mol. The van der Waals surface area contributed by atoms with Gasteiger partial charge in [-0.05, 0) is 52.3 Å². The molecule has 1 aromatic carbocycles. The first-order chi connectivity index (χ1) is 12.5. The lowest BCUT2D eigenvalue weighted by molar-refractivity contribution is 0.147. The highest BCUT2D eigenvalue weighted by molar-refractivity contribution is 9.10. The number of hydrogen-bond acceptors (Lipinski definition) is 4. The zero-order chi connectivity index (χ0) is 18.5. The monoisotopic (exact) mass is 416 g/mol. The number of carbonyl (C=O) groups is 1. The van der Waals surface area contributed by atoms with Crippen LogP contribution < -0.4 is 4.74 Å². The summed E-state index contributed by atoms with van der Waals surface area (Å²) in [5.41, 5.74) is 2.71. The number of aromatic nitrogens is 3. The Morgan fingerprint density at radius 3 is 2.58 bits per heavy atom. The maximum absolute atomic E-state index is 10.7. The van der Waals surface area contributed by atoms with Crippen molar-refractivity contribution in [1.82, 2.24) is 19.7 Å². The molecular weight excluding hydrogens is 400 g/mol. The van der Waals surface area contributed by atoms with E-state index in [2.05, 4.69) is 26.0 Å². The molecule has 0 radical (unpaired) electrons. The number of rotatable bonds is 6. The molecule has 2 aromatic heterocycles. The van der Waals surface area contributed by atoms with E-state index in [1.54, 1.807) is 17.1 Å². The normalized spacial score (nSPS) is 10.5. The molecule has 134 valence electrons. The molecule has 0 saturated carbocycles. The van der Waals surface area contributed by atoms with Gasteiger partial charge < -0.3 is 14.7 Å². The third kappa shape index (κ3) is 4.20. The van der Waals surface area contributed by atoms with Gasteiger partial charge in [0.25, 0.3) is 0 Å². The third-order valence-electron chi connectivity index (χ3n) is 3.75. The number of carboxylic acid groups (broad SMARTS) is 1. The summed E-state index contributed by atoms with van der Waals surface area (Å²) in [6.45, 7) is 0.597. The van der Waals surface area contributed by atoms with Gasteiger partial charge in [-0.1, -0.05) is 0 Å². The molecule has 0 aliphatic heterocycles. The summed E-state index contributed by atoms with van der Waals surface area (Å²) in [5.74, 6) is 0.674. The van der Waals surface area contributed by atoms with E-state index in [0.29, 0.717) is 18.9 Å². The second-order valence-electron chi connectivity index (χ2n) is 5.55. The summed E-state index contributed by atoms with van der Waals surface area (Å²) in [5, 5.41) is 13.4. The van der Waals surface area contributed by atoms with Crippen LogP contribution in [0, 0.1) is 0 Å². The lowest BCUT2D eigenvalue weighted by Gasteiger charge is -2.13. The minimum absolute atomic E-state index is 0.293. The second-order valence-corrected chi connectivity index (χ2v) is 6.41. The van der Waals surface area contributed by atoms with E-state index in [-0.39, 0.29) is 0 Å². The Balaban J connectivity index is 1.68. The van der Waals surface area contributed by atoms with Crippen molar-refractivity contribution in [3.05, 3.63) is 59.5 Å². The van der Waals surface area contributed by atoms with Crippen molar-refractivity contribution >= 4 is 22.0 Å². The lowest BCUT2D eigenvalue weighted by Crippen LogP contribution is -2.29. The van der Waals surface area contributed by atoms with Gasteiger partial charge in [0.2, 0.25) is 0 Å². The van der Waals surface area contributed by atoms with Crippen molar-refractivity contribution in [2.24, 2.45) is 0 Å². The van der Waals surface area contributed by atoms with E-state index < -0.39 is 6.09 Å². The first-order valence-corrected chi connectivity index (χ1v) is 8.67. The zero-order valence-corrected chi connectivity index (χ0v) is 15.6. The molecule has 0 atom stereocenters. The maximum atomic E-state index is 10.7. The maximum Gasteiger partial charge on any atom is 0.407 e. The van der Waals surface area contributed by atoms with Crippen molar-refractivity contribution < 1.29 is 14.6 Å². The lowest BCUT2D eigenvalue weighted by atomic mass is 10.2. The Morgan fingerprint density at radius 2 is 1.92 bits per heavy atom. The average molecular weight is 417 g/mol. The van der Waals surface area contributed by atoms with Gasteiger partial charge in [-0.25, -0.2) is 9.48 Å². The van der Waals surface area contributed by atoms with Gasteiger partial charge in [0.05, 0.1) is 16.7 Å². The Kier molecular flexibility index (Phi) is 5.52. The minimum Gasteiger partial charge on any atom is -0.492 e. The van der Waals surface area contributed by atoms with Gasteiger partial charge in [0, 0.05) is 31.2 Å². The molecule has 26 heavy (non-hydrogen) atoms. The van der Waals surface area contributed by atoms with Gasteiger partial charge in [-0.2, -0.15) is 5.10 Å². The van der Waals surface area contributed by atoms with E-state index in [1.807, 2.05) is 42.6 Å². The molecule has 3 aromatic rings. The van der Waals surface area contributed by atoms with Crippen LogP contribution in [0.3, 0.4) is 0 Å². The van der Waals surface area contributed by atoms with Crippen molar-refractivity contribution in [2.75, 3.05) is 20.2 Å². The Morgan fingerprint density at radius 1 is 1.23 bits per heavy atom. The summed E-state index contributed by atoms with van der Waals surface area (Å²) >= 11 is 3.54. The van der Waals surface area contributed by atoms with Crippen LogP contribution in [0.15, 0.2) is 59.5 Å². The van der Waals surface area contributed by atoms with E-state index in [9.17, 15) is 4.79 Å².